The van der Waals surface area contributed by atoms with Crippen molar-refractivity contribution in [3.63, 3.8) is 0 Å². The molecule has 3 rings (SSSR count). The molecule has 0 saturated heterocycles. The van der Waals surface area contributed by atoms with Crippen LogP contribution in [0.15, 0.2) is 54.6 Å². The molecule has 134 valence electrons. The van der Waals surface area contributed by atoms with E-state index in [0.717, 1.165) is 40.8 Å². The van der Waals surface area contributed by atoms with Gasteiger partial charge in [0.25, 0.3) is 5.91 Å². The standard InChI is InChI=1S/C22H24N2O2/c1-4-7-15(2)23-22(25)19-14-21(16-10-12-17(26-3)13-11-16)24-20-9-6-5-8-18(19)20/h5-6,8-15H,4,7H2,1-3H3,(H,23,25)/t15-/m0/s1. The van der Waals surface area contributed by atoms with Gasteiger partial charge in [-0.2, -0.15) is 0 Å². The molecular weight excluding hydrogens is 324 g/mol. The van der Waals surface area contributed by atoms with Crippen molar-refractivity contribution in [2.75, 3.05) is 7.11 Å². The van der Waals surface area contributed by atoms with Crippen LogP contribution >= 0.6 is 0 Å². The molecule has 1 atom stereocenters. The number of nitrogens with zero attached hydrogens (tertiary/aromatic N) is 1. The second-order valence-electron chi connectivity index (χ2n) is 6.46. The monoisotopic (exact) mass is 348 g/mol. The number of pyridine rings is 1. The van der Waals surface area contributed by atoms with Gasteiger partial charge in [0, 0.05) is 17.0 Å². The van der Waals surface area contributed by atoms with E-state index in [1.54, 1.807) is 7.11 Å². The van der Waals surface area contributed by atoms with E-state index in [0.29, 0.717) is 5.56 Å². The van der Waals surface area contributed by atoms with E-state index in [1.807, 2.05) is 61.5 Å². The molecule has 2 aromatic carbocycles. The third-order valence-electron chi connectivity index (χ3n) is 4.45. The highest BCUT2D eigenvalue weighted by Crippen LogP contribution is 2.26. The van der Waals surface area contributed by atoms with Gasteiger partial charge in [-0.05, 0) is 49.7 Å². The fourth-order valence-electron chi connectivity index (χ4n) is 3.08. The molecule has 0 aliphatic rings. The van der Waals surface area contributed by atoms with Crippen molar-refractivity contribution < 1.29 is 9.53 Å². The highest BCUT2D eigenvalue weighted by atomic mass is 16.5. The van der Waals surface area contributed by atoms with Gasteiger partial charge >= 0.3 is 0 Å². The smallest absolute Gasteiger partial charge is 0.252 e. The van der Waals surface area contributed by atoms with E-state index in [2.05, 4.69) is 12.2 Å². The number of hydrogen-bond acceptors (Lipinski definition) is 3. The summed E-state index contributed by atoms with van der Waals surface area (Å²) in [7, 11) is 1.64. The lowest BCUT2D eigenvalue weighted by molar-refractivity contribution is 0.0940. The second-order valence-corrected chi connectivity index (χ2v) is 6.46. The molecule has 4 nitrogen and oxygen atoms in total. The molecule has 3 aromatic rings. The molecule has 0 saturated carbocycles. The van der Waals surface area contributed by atoms with Gasteiger partial charge in [-0.1, -0.05) is 31.5 Å². The van der Waals surface area contributed by atoms with Gasteiger partial charge in [0.15, 0.2) is 0 Å². The topological polar surface area (TPSA) is 51.2 Å². The van der Waals surface area contributed by atoms with Crippen molar-refractivity contribution in [1.29, 1.82) is 0 Å². The minimum atomic E-state index is -0.0562. The van der Waals surface area contributed by atoms with Gasteiger partial charge in [-0.15, -0.1) is 0 Å². The van der Waals surface area contributed by atoms with Gasteiger partial charge < -0.3 is 10.1 Å². The maximum Gasteiger partial charge on any atom is 0.252 e. The van der Waals surface area contributed by atoms with Crippen molar-refractivity contribution in [2.24, 2.45) is 0 Å². The van der Waals surface area contributed by atoms with Crippen molar-refractivity contribution in [3.8, 4) is 17.0 Å². The maximum atomic E-state index is 12.9. The lowest BCUT2D eigenvalue weighted by Crippen LogP contribution is -2.32. The van der Waals surface area contributed by atoms with Crippen LogP contribution in [0.5, 0.6) is 5.75 Å². The highest BCUT2D eigenvalue weighted by molar-refractivity contribution is 6.07. The zero-order valence-electron chi connectivity index (χ0n) is 15.5. The van der Waals surface area contributed by atoms with Crippen LogP contribution in [-0.4, -0.2) is 24.0 Å². The normalized spacial score (nSPS) is 12.0. The second kappa shape index (κ2) is 8.00. The third-order valence-corrected chi connectivity index (χ3v) is 4.45. The number of fused-ring (bicyclic) bond motifs is 1. The Morgan fingerprint density at radius 2 is 1.88 bits per heavy atom. The van der Waals surface area contributed by atoms with E-state index >= 15 is 0 Å². The van der Waals surface area contributed by atoms with Crippen LogP contribution in [0.2, 0.25) is 0 Å². The number of hydrogen-bond donors (Lipinski definition) is 1. The zero-order valence-corrected chi connectivity index (χ0v) is 15.5. The van der Waals surface area contributed by atoms with E-state index < -0.39 is 0 Å². The Morgan fingerprint density at radius 3 is 2.58 bits per heavy atom. The molecule has 1 amide bonds. The zero-order chi connectivity index (χ0) is 18.5. The summed E-state index contributed by atoms with van der Waals surface area (Å²) in [6.07, 6.45) is 2.00. The highest BCUT2D eigenvalue weighted by Gasteiger charge is 2.15. The Kier molecular flexibility index (Phi) is 5.52. The largest absolute Gasteiger partial charge is 0.497 e. The van der Waals surface area contributed by atoms with Crippen LogP contribution in [0.25, 0.3) is 22.2 Å². The molecule has 4 heteroatoms. The van der Waals surface area contributed by atoms with Crippen molar-refractivity contribution in [1.82, 2.24) is 10.3 Å². The number of methoxy groups -OCH3 is 1. The van der Waals surface area contributed by atoms with Gasteiger partial charge in [0.05, 0.1) is 23.9 Å². The molecule has 0 unspecified atom stereocenters. The van der Waals surface area contributed by atoms with Crippen molar-refractivity contribution in [2.45, 2.75) is 32.7 Å². The first-order valence-corrected chi connectivity index (χ1v) is 8.97. The summed E-state index contributed by atoms with van der Waals surface area (Å²) in [4.78, 5) is 17.6. The van der Waals surface area contributed by atoms with Gasteiger partial charge in [-0.3, -0.25) is 4.79 Å². The van der Waals surface area contributed by atoms with Crippen LogP contribution < -0.4 is 10.1 Å². The molecule has 26 heavy (non-hydrogen) atoms. The molecule has 1 heterocycles. The minimum absolute atomic E-state index is 0.0562. The first-order valence-electron chi connectivity index (χ1n) is 8.97. The molecule has 0 bridgehead atoms. The average Bonchev–Trinajstić information content (AvgIpc) is 2.67. The fourth-order valence-corrected chi connectivity index (χ4v) is 3.08. The SMILES string of the molecule is CCC[C@H](C)NC(=O)c1cc(-c2ccc(OC)cc2)nc2ccccc12. The Bertz CT molecular complexity index is 904. The summed E-state index contributed by atoms with van der Waals surface area (Å²) in [5, 5.41) is 3.97. The number of nitrogens with one attached hydrogen (secondary N) is 1. The summed E-state index contributed by atoms with van der Waals surface area (Å²) in [6, 6.07) is 17.5. The quantitative estimate of drug-likeness (QED) is 0.694. The van der Waals surface area contributed by atoms with E-state index in [1.165, 1.54) is 0 Å². The number of aromatic nitrogens is 1. The van der Waals surface area contributed by atoms with E-state index in [9.17, 15) is 4.79 Å². The molecule has 0 aliphatic carbocycles. The molecule has 0 spiro atoms. The van der Waals surface area contributed by atoms with Gasteiger partial charge in [0.2, 0.25) is 0 Å². The summed E-state index contributed by atoms with van der Waals surface area (Å²) in [5.74, 6) is 0.736. The maximum absolute atomic E-state index is 12.9. The predicted octanol–water partition coefficient (Wildman–Crippen LogP) is 4.83. The van der Waals surface area contributed by atoms with Crippen LogP contribution in [-0.2, 0) is 0 Å². The molecule has 1 N–H and O–H groups in total. The van der Waals surface area contributed by atoms with Crippen LogP contribution in [0.3, 0.4) is 0 Å². The Hall–Kier alpha value is -2.88. The minimum Gasteiger partial charge on any atom is -0.497 e. The van der Waals surface area contributed by atoms with Crippen LogP contribution in [0, 0.1) is 0 Å². The molecular formula is C22H24N2O2. The number of carbonyl (C=O) groups excluding carboxylic acids is 1. The predicted molar refractivity (Wildman–Crippen MR) is 106 cm³/mol. The number of ether oxygens (including phenoxy) is 1. The fraction of sp³-hybridized carbons (Fsp3) is 0.273. The third kappa shape index (κ3) is 3.85. The number of rotatable bonds is 6. The lowest BCUT2D eigenvalue weighted by Gasteiger charge is -2.15. The molecule has 0 radical (unpaired) electrons. The van der Waals surface area contributed by atoms with Gasteiger partial charge in [-0.25, -0.2) is 4.98 Å². The number of carbonyl (C=O) groups is 1. The Balaban J connectivity index is 2.04. The van der Waals surface area contributed by atoms with Crippen molar-refractivity contribution >= 4 is 16.8 Å². The number of benzene rings is 2. The molecule has 1 aromatic heterocycles. The lowest BCUT2D eigenvalue weighted by atomic mass is 10.0. The number of para-hydroxylation sites is 1. The van der Waals surface area contributed by atoms with Gasteiger partial charge in [0.1, 0.15) is 5.75 Å². The first-order chi connectivity index (χ1) is 12.6. The molecule has 0 aliphatic heterocycles. The average molecular weight is 348 g/mol. The van der Waals surface area contributed by atoms with Crippen molar-refractivity contribution in [3.05, 3.63) is 60.2 Å². The van der Waals surface area contributed by atoms with E-state index in [4.69, 9.17) is 9.72 Å². The van der Waals surface area contributed by atoms with Crippen LogP contribution in [0.1, 0.15) is 37.0 Å². The Labute approximate surface area is 154 Å². The summed E-state index contributed by atoms with van der Waals surface area (Å²) in [5.41, 5.74) is 3.20. The molecule has 0 fully saturated rings. The first kappa shape index (κ1) is 17.9. The van der Waals surface area contributed by atoms with E-state index in [-0.39, 0.29) is 11.9 Å². The summed E-state index contributed by atoms with van der Waals surface area (Å²) >= 11 is 0. The summed E-state index contributed by atoms with van der Waals surface area (Å²) < 4.78 is 5.22. The summed E-state index contributed by atoms with van der Waals surface area (Å²) in [6.45, 7) is 4.15. The number of amides is 1. The Morgan fingerprint density at radius 1 is 1.15 bits per heavy atom. The van der Waals surface area contributed by atoms with Crippen LogP contribution in [0.4, 0.5) is 0 Å².